The minimum atomic E-state index is 0.0181. The summed E-state index contributed by atoms with van der Waals surface area (Å²) in [6.45, 7) is 7.14. The Morgan fingerprint density at radius 3 is 2.57 bits per heavy atom. The quantitative estimate of drug-likeness (QED) is 0.364. The van der Waals surface area contributed by atoms with E-state index in [-0.39, 0.29) is 12.1 Å². The van der Waals surface area contributed by atoms with Gasteiger partial charge in [-0.05, 0) is 80.0 Å². The van der Waals surface area contributed by atoms with Crippen molar-refractivity contribution in [3.8, 4) is 6.07 Å². The van der Waals surface area contributed by atoms with Crippen molar-refractivity contribution in [1.29, 1.82) is 5.26 Å². The van der Waals surface area contributed by atoms with Crippen LogP contribution in [0.3, 0.4) is 0 Å². The lowest BCUT2D eigenvalue weighted by Crippen LogP contribution is -2.46. The fraction of sp³-hybridized carbons (Fsp3) is 0.840. The fourth-order valence-electron chi connectivity index (χ4n) is 6.71. The molecule has 0 aromatic carbocycles. The van der Waals surface area contributed by atoms with Gasteiger partial charge in [-0.1, -0.05) is 46.1 Å². The van der Waals surface area contributed by atoms with Crippen molar-refractivity contribution in [2.24, 2.45) is 41.4 Å². The van der Waals surface area contributed by atoms with Gasteiger partial charge < -0.3 is 4.74 Å². The number of nitriles is 1. The maximum absolute atomic E-state index is 12.3. The molecule has 156 valence electrons. The van der Waals surface area contributed by atoms with E-state index in [0.29, 0.717) is 18.3 Å². The highest BCUT2D eigenvalue weighted by atomic mass is 16.5. The van der Waals surface area contributed by atoms with E-state index >= 15 is 0 Å². The molecule has 3 aliphatic rings. The molecule has 0 aromatic heterocycles. The van der Waals surface area contributed by atoms with E-state index in [2.05, 4.69) is 20.8 Å². The van der Waals surface area contributed by atoms with Gasteiger partial charge in [0.25, 0.3) is 0 Å². The molecule has 3 nitrogen and oxygen atoms in total. The van der Waals surface area contributed by atoms with Gasteiger partial charge in [-0.2, -0.15) is 5.26 Å². The summed E-state index contributed by atoms with van der Waals surface area (Å²) in [5, 5.41) is 8.66. The number of esters is 1. The first-order chi connectivity index (χ1) is 13.5. The lowest BCUT2D eigenvalue weighted by Gasteiger charge is -2.47. The largest absolute Gasteiger partial charge is 0.462 e. The van der Waals surface area contributed by atoms with Crippen molar-refractivity contribution in [2.75, 3.05) is 0 Å². The van der Waals surface area contributed by atoms with Crippen molar-refractivity contribution >= 4 is 5.97 Å². The van der Waals surface area contributed by atoms with Crippen LogP contribution < -0.4 is 0 Å². The molecule has 0 aromatic rings. The van der Waals surface area contributed by atoms with E-state index in [4.69, 9.17) is 10.00 Å². The SMILES string of the molecule is CC(C)CCCC(C)[C@H]1CC[C@@H]2C1CC[C@H]1[C@H]2CC(=O)O[C@@H]1CC/C=C\C#N. The second-order valence-corrected chi connectivity index (χ2v) is 10.1. The number of carbonyl (C=O) groups is 1. The fourth-order valence-corrected chi connectivity index (χ4v) is 6.71. The van der Waals surface area contributed by atoms with Crippen LogP contribution in [0, 0.1) is 52.8 Å². The van der Waals surface area contributed by atoms with Gasteiger partial charge in [0.1, 0.15) is 6.10 Å². The summed E-state index contributed by atoms with van der Waals surface area (Å²) in [5.41, 5.74) is 0. The molecule has 0 spiro atoms. The van der Waals surface area contributed by atoms with Crippen LogP contribution in [-0.2, 0) is 9.53 Å². The molecular weight excluding hydrogens is 346 g/mol. The van der Waals surface area contributed by atoms with Gasteiger partial charge in [-0.15, -0.1) is 0 Å². The molecule has 2 saturated carbocycles. The monoisotopic (exact) mass is 385 g/mol. The molecule has 2 aliphatic carbocycles. The predicted molar refractivity (Wildman–Crippen MR) is 112 cm³/mol. The van der Waals surface area contributed by atoms with E-state index in [0.717, 1.165) is 42.4 Å². The average Bonchev–Trinajstić information content (AvgIpc) is 3.09. The van der Waals surface area contributed by atoms with Crippen LogP contribution in [0.2, 0.25) is 0 Å². The summed E-state index contributed by atoms with van der Waals surface area (Å²) in [6.07, 6.45) is 15.2. The summed E-state index contributed by atoms with van der Waals surface area (Å²) in [4.78, 5) is 12.3. The highest BCUT2D eigenvalue weighted by molar-refractivity contribution is 5.71. The molecule has 3 rings (SSSR count). The first-order valence-corrected chi connectivity index (χ1v) is 11.7. The van der Waals surface area contributed by atoms with Crippen molar-refractivity contribution in [3.63, 3.8) is 0 Å². The Kier molecular flexibility index (Phi) is 7.61. The van der Waals surface area contributed by atoms with Gasteiger partial charge in [0.05, 0.1) is 6.07 Å². The van der Waals surface area contributed by atoms with Gasteiger partial charge in [0, 0.05) is 12.5 Å². The second kappa shape index (κ2) is 9.95. The molecule has 0 bridgehead atoms. The third-order valence-electron chi connectivity index (χ3n) is 8.01. The standard InChI is InChI=1S/C25H39NO2/c1-17(2)8-7-9-18(3)19-11-12-21-20(19)13-14-22-23(21)16-25(27)28-24(22)10-5-4-6-15-26/h4,6,17-24H,5,7-14,16H2,1-3H3/b6-4-/t18?,19-,20?,21-,22+,23+,24-/m1/s1. The number of allylic oxidation sites excluding steroid dienone is 2. The Hall–Kier alpha value is -1.30. The van der Waals surface area contributed by atoms with Crippen LogP contribution in [0.15, 0.2) is 12.2 Å². The van der Waals surface area contributed by atoms with Gasteiger partial charge >= 0.3 is 5.97 Å². The Morgan fingerprint density at radius 2 is 1.82 bits per heavy atom. The van der Waals surface area contributed by atoms with Gasteiger partial charge in [-0.25, -0.2) is 0 Å². The third kappa shape index (κ3) is 5.00. The molecule has 2 unspecified atom stereocenters. The summed E-state index contributed by atoms with van der Waals surface area (Å²) in [6, 6.07) is 2.05. The zero-order valence-corrected chi connectivity index (χ0v) is 18.1. The number of cyclic esters (lactones) is 1. The summed E-state index contributed by atoms with van der Waals surface area (Å²) >= 11 is 0. The third-order valence-corrected chi connectivity index (χ3v) is 8.01. The number of ether oxygens (including phenoxy) is 1. The smallest absolute Gasteiger partial charge is 0.306 e. The number of hydrogen-bond donors (Lipinski definition) is 0. The highest BCUT2D eigenvalue weighted by Crippen LogP contribution is 2.56. The molecule has 3 heteroatoms. The van der Waals surface area contributed by atoms with Gasteiger partial charge in [0.15, 0.2) is 0 Å². The molecule has 1 saturated heterocycles. The van der Waals surface area contributed by atoms with Crippen LogP contribution in [0.4, 0.5) is 0 Å². The Bertz CT molecular complexity index is 590. The Labute approximate surface area is 171 Å². The highest BCUT2D eigenvalue weighted by Gasteiger charge is 2.51. The average molecular weight is 386 g/mol. The van der Waals surface area contributed by atoms with Crippen molar-refractivity contribution in [2.45, 2.75) is 91.1 Å². The topological polar surface area (TPSA) is 50.1 Å². The number of hydrogen-bond acceptors (Lipinski definition) is 3. The molecule has 3 fully saturated rings. The molecule has 0 radical (unpaired) electrons. The molecule has 1 heterocycles. The van der Waals surface area contributed by atoms with Crippen LogP contribution in [0.25, 0.3) is 0 Å². The lowest BCUT2D eigenvalue weighted by molar-refractivity contribution is -0.170. The van der Waals surface area contributed by atoms with E-state index in [9.17, 15) is 4.79 Å². The van der Waals surface area contributed by atoms with Crippen molar-refractivity contribution in [1.82, 2.24) is 0 Å². The van der Waals surface area contributed by atoms with Crippen molar-refractivity contribution < 1.29 is 9.53 Å². The Balaban J connectivity index is 1.59. The number of rotatable bonds is 8. The molecular formula is C25H39NO2. The predicted octanol–water partition coefficient (Wildman–Crippen LogP) is 6.29. The lowest BCUT2D eigenvalue weighted by atomic mass is 9.61. The molecule has 7 atom stereocenters. The van der Waals surface area contributed by atoms with Crippen LogP contribution in [0.1, 0.15) is 85.0 Å². The maximum Gasteiger partial charge on any atom is 0.306 e. The first kappa shape index (κ1) is 21.4. The van der Waals surface area contributed by atoms with Crippen LogP contribution in [0.5, 0.6) is 0 Å². The van der Waals surface area contributed by atoms with Crippen molar-refractivity contribution in [3.05, 3.63) is 12.2 Å². The minimum absolute atomic E-state index is 0.0181. The van der Waals surface area contributed by atoms with E-state index in [1.54, 1.807) is 6.08 Å². The molecule has 28 heavy (non-hydrogen) atoms. The van der Waals surface area contributed by atoms with E-state index < -0.39 is 0 Å². The number of fused-ring (bicyclic) bond motifs is 3. The minimum Gasteiger partial charge on any atom is -0.462 e. The first-order valence-electron chi connectivity index (χ1n) is 11.7. The molecule has 1 aliphatic heterocycles. The van der Waals surface area contributed by atoms with Gasteiger partial charge in [-0.3, -0.25) is 4.79 Å². The second-order valence-electron chi connectivity index (χ2n) is 10.1. The summed E-state index contributed by atoms with van der Waals surface area (Å²) < 4.78 is 5.78. The molecule has 0 N–H and O–H groups in total. The number of carbonyl (C=O) groups excluding carboxylic acids is 1. The zero-order chi connectivity index (χ0) is 20.1. The number of nitrogens with zero attached hydrogens (tertiary/aromatic N) is 1. The zero-order valence-electron chi connectivity index (χ0n) is 18.1. The summed E-state index contributed by atoms with van der Waals surface area (Å²) in [5.74, 6) is 5.18. The Morgan fingerprint density at radius 1 is 1.07 bits per heavy atom. The van der Waals surface area contributed by atoms with Crippen LogP contribution in [-0.4, -0.2) is 12.1 Å². The van der Waals surface area contributed by atoms with Gasteiger partial charge in [0.2, 0.25) is 0 Å². The maximum atomic E-state index is 12.3. The van der Waals surface area contributed by atoms with E-state index in [1.807, 2.05) is 12.1 Å². The van der Waals surface area contributed by atoms with E-state index in [1.165, 1.54) is 44.9 Å². The van der Waals surface area contributed by atoms with Crippen LogP contribution >= 0.6 is 0 Å². The molecule has 0 amide bonds. The summed E-state index contributed by atoms with van der Waals surface area (Å²) in [7, 11) is 0. The normalized spacial score (nSPS) is 36.0.